The van der Waals surface area contributed by atoms with E-state index in [2.05, 4.69) is 118 Å². The molecule has 0 heterocycles. The van der Waals surface area contributed by atoms with E-state index in [0.717, 1.165) is 21.5 Å². The zero-order valence-electron chi connectivity index (χ0n) is 21.6. The predicted molar refractivity (Wildman–Crippen MR) is 172 cm³/mol. The number of nitrogens with one attached hydrogen (secondary N) is 1. The van der Waals surface area contributed by atoms with Gasteiger partial charge in [0, 0.05) is 21.5 Å². The highest BCUT2D eigenvalue weighted by atomic mass is 79.9. The van der Waals surface area contributed by atoms with Crippen molar-refractivity contribution in [3.63, 3.8) is 0 Å². The number of hydrogen-bond acceptors (Lipinski definition) is 2. The van der Waals surface area contributed by atoms with E-state index in [1.807, 2.05) is 72.8 Å². The number of nitrogens with two attached hydrogens (primary N) is 1. The van der Waals surface area contributed by atoms with Crippen molar-refractivity contribution in [1.29, 1.82) is 0 Å². The molecule has 2 nitrogen and oxygen atoms in total. The lowest BCUT2D eigenvalue weighted by Gasteiger charge is -2.08. The van der Waals surface area contributed by atoms with Crippen molar-refractivity contribution < 1.29 is 0 Å². The fraction of sp³-hybridized carbons (Fsp3) is 0. The van der Waals surface area contributed by atoms with Crippen LogP contribution in [0.4, 0.5) is 17.1 Å². The summed E-state index contributed by atoms with van der Waals surface area (Å²) in [6.45, 7) is 0. The lowest BCUT2D eigenvalue weighted by atomic mass is 10.1. The molecule has 0 atom stereocenters. The fourth-order valence-corrected chi connectivity index (χ4v) is 4.25. The molecule has 0 fully saturated rings. The molecule has 0 aliphatic carbocycles. The van der Waals surface area contributed by atoms with Crippen LogP contribution in [0, 0.1) is 0 Å². The molecule has 0 aromatic heterocycles. The highest BCUT2D eigenvalue weighted by molar-refractivity contribution is 9.10. The van der Waals surface area contributed by atoms with Gasteiger partial charge in [0.15, 0.2) is 0 Å². The summed E-state index contributed by atoms with van der Waals surface area (Å²) in [5.41, 5.74) is 13.3. The van der Waals surface area contributed by atoms with Crippen molar-refractivity contribution in [3.8, 4) is 22.3 Å². The second-order valence-electron chi connectivity index (χ2n) is 8.72. The Morgan fingerprint density at radius 2 is 0.795 bits per heavy atom. The Kier molecular flexibility index (Phi) is 10.5. The molecule has 0 unspecified atom stereocenters. The van der Waals surface area contributed by atoms with Gasteiger partial charge in [-0.05, 0) is 70.8 Å². The van der Waals surface area contributed by atoms with E-state index in [1.165, 1.54) is 22.3 Å². The molecule has 39 heavy (non-hydrogen) atoms. The van der Waals surface area contributed by atoms with Crippen molar-refractivity contribution in [2.75, 3.05) is 11.1 Å². The molecular weight excluding hydrogens is 540 g/mol. The SMILES string of the molecule is Brc1cccc(-c2ccccc2)c1.Nc1ccccc1.c1ccc(Nc2cccc(-c3ccccc3)c2)cc1. The number of anilines is 3. The van der Waals surface area contributed by atoms with Gasteiger partial charge in [-0.1, -0.05) is 137 Å². The van der Waals surface area contributed by atoms with Gasteiger partial charge < -0.3 is 11.1 Å². The maximum absolute atomic E-state index is 5.36. The summed E-state index contributed by atoms with van der Waals surface area (Å²) in [4.78, 5) is 0. The molecule has 0 saturated heterocycles. The molecule has 0 bridgehead atoms. The van der Waals surface area contributed by atoms with E-state index in [4.69, 9.17) is 5.73 Å². The van der Waals surface area contributed by atoms with Gasteiger partial charge >= 0.3 is 0 Å². The zero-order valence-corrected chi connectivity index (χ0v) is 23.2. The largest absolute Gasteiger partial charge is 0.399 e. The number of para-hydroxylation sites is 2. The second-order valence-corrected chi connectivity index (χ2v) is 9.64. The number of benzene rings is 6. The van der Waals surface area contributed by atoms with Gasteiger partial charge in [0.05, 0.1) is 0 Å². The van der Waals surface area contributed by atoms with Crippen LogP contribution in [0.2, 0.25) is 0 Å². The molecule has 6 aromatic rings. The Balaban J connectivity index is 0.000000152. The zero-order chi connectivity index (χ0) is 27.1. The Hall–Kier alpha value is -4.60. The van der Waals surface area contributed by atoms with E-state index >= 15 is 0 Å². The summed E-state index contributed by atoms with van der Waals surface area (Å²) in [7, 11) is 0. The molecule has 6 aromatic carbocycles. The topological polar surface area (TPSA) is 38.0 Å². The first-order chi connectivity index (χ1) is 19.2. The highest BCUT2D eigenvalue weighted by Gasteiger charge is 1.99. The van der Waals surface area contributed by atoms with Crippen molar-refractivity contribution in [2.24, 2.45) is 0 Å². The van der Waals surface area contributed by atoms with Crippen LogP contribution in [0.25, 0.3) is 22.3 Å². The van der Waals surface area contributed by atoms with E-state index < -0.39 is 0 Å². The molecule has 192 valence electrons. The lowest BCUT2D eigenvalue weighted by Crippen LogP contribution is -1.89. The van der Waals surface area contributed by atoms with E-state index in [0.29, 0.717) is 0 Å². The summed E-state index contributed by atoms with van der Waals surface area (Å²) in [5, 5.41) is 3.41. The molecule has 0 aliphatic heterocycles. The van der Waals surface area contributed by atoms with Gasteiger partial charge in [0.1, 0.15) is 0 Å². The molecule has 0 radical (unpaired) electrons. The standard InChI is InChI=1S/C18H15N.C12H9Br.C6H7N/c1-3-8-15(9-4-1)16-10-7-13-18(14-16)19-17-11-5-2-6-12-17;13-12-8-4-7-11(9-12)10-5-2-1-3-6-10;7-6-4-2-1-3-5-6/h1-14,19H;1-9H;1-5H,7H2. The first kappa shape index (κ1) is 27.4. The van der Waals surface area contributed by atoms with Crippen LogP contribution in [0.5, 0.6) is 0 Å². The molecule has 0 spiro atoms. The Morgan fingerprint density at radius 3 is 1.28 bits per heavy atom. The van der Waals surface area contributed by atoms with E-state index in [-0.39, 0.29) is 0 Å². The van der Waals surface area contributed by atoms with Gasteiger partial charge in [-0.15, -0.1) is 0 Å². The number of hydrogen-bond donors (Lipinski definition) is 2. The minimum Gasteiger partial charge on any atom is -0.399 e. The minimum absolute atomic E-state index is 0.822. The highest BCUT2D eigenvalue weighted by Crippen LogP contribution is 2.24. The molecule has 3 heteroatoms. The van der Waals surface area contributed by atoms with Gasteiger partial charge in [0.2, 0.25) is 0 Å². The Labute approximate surface area is 239 Å². The maximum atomic E-state index is 5.36. The number of halogens is 1. The third-order valence-electron chi connectivity index (χ3n) is 5.76. The van der Waals surface area contributed by atoms with E-state index in [1.54, 1.807) is 0 Å². The molecule has 0 aliphatic rings. The van der Waals surface area contributed by atoms with Gasteiger partial charge in [-0.3, -0.25) is 0 Å². The smallest absolute Gasteiger partial charge is 0.0390 e. The third kappa shape index (κ3) is 9.33. The van der Waals surface area contributed by atoms with Crippen LogP contribution >= 0.6 is 15.9 Å². The van der Waals surface area contributed by atoms with Crippen LogP contribution in [0.1, 0.15) is 0 Å². The second kappa shape index (κ2) is 15.0. The summed E-state index contributed by atoms with van der Waals surface area (Å²) in [6.07, 6.45) is 0. The molecular formula is C36H31BrN2. The summed E-state index contributed by atoms with van der Waals surface area (Å²) in [6, 6.07) is 57.2. The first-order valence-corrected chi connectivity index (χ1v) is 13.6. The Morgan fingerprint density at radius 1 is 0.385 bits per heavy atom. The molecule has 6 rings (SSSR count). The number of rotatable bonds is 4. The third-order valence-corrected chi connectivity index (χ3v) is 6.26. The van der Waals surface area contributed by atoms with Crippen molar-refractivity contribution in [1.82, 2.24) is 0 Å². The van der Waals surface area contributed by atoms with Gasteiger partial charge in [0.25, 0.3) is 0 Å². The van der Waals surface area contributed by atoms with Gasteiger partial charge in [-0.25, -0.2) is 0 Å². The van der Waals surface area contributed by atoms with Crippen LogP contribution in [-0.2, 0) is 0 Å². The maximum Gasteiger partial charge on any atom is 0.0390 e. The average Bonchev–Trinajstić information content (AvgIpc) is 3.00. The average molecular weight is 572 g/mol. The first-order valence-electron chi connectivity index (χ1n) is 12.8. The summed E-state index contributed by atoms with van der Waals surface area (Å²) >= 11 is 3.46. The normalized spacial score (nSPS) is 9.77. The number of nitrogen functional groups attached to an aromatic ring is 1. The monoisotopic (exact) mass is 570 g/mol. The van der Waals surface area contributed by atoms with E-state index in [9.17, 15) is 0 Å². The quantitative estimate of drug-likeness (QED) is 0.207. The predicted octanol–water partition coefficient (Wildman–Crippen LogP) is 10.5. The van der Waals surface area contributed by atoms with Crippen molar-refractivity contribution in [3.05, 3.63) is 174 Å². The molecule has 0 saturated carbocycles. The van der Waals surface area contributed by atoms with Crippen molar-refractivity contribution >= 4 is 33.0 Å². The Bertz CT molecular complexity index is 1520. The van der Waals surface area contributed by atoms with Crippen molar-refractivity contribution in [2.45, 2.75) is 0 Å². The van der Waals surface area contributed by atoms with Crippen LogP contribution in [0.3, 0.4) is 0 Å². The fourth-order valence-electron chi connectivity index (χ4n) is 3.85. The molecule has 3 N–H and O–H groups in total. The summed E-state index contributed by atoms with van der Waals surface area (Å²) in [5.74, 6) is 0. The van der Waals surface area contributed by atoms with Crippen LogP contribution < -0.4 is 11.1 Å². The summed E-state index contributed by atoms with van der Waals surface area (Å²) < 4.78 is 1.12. The van der Waals surface area contributed by atoms with Crippen LogP contribution in [-0.4, -0.2) is 0 Å². The van der Waals surface area contributed by atoms with Crippen LogP contribution in [0.15, 0.2) is 174 Å². The lowest BCUT2D eigenvalue weighted by molar-refractivity contribution is 1.54. The minimum atomic E-state index is 0.822. The molecule has 0 amide bonds. The van der Waals surface area contributed by atoms with Gasteiger partial charge in [-0.2, -0.15) is 0 Å².